The second-order valence-corrected chi connectivity index (χ2v) is 12.9. The Bertz CT molecular complexity index is 1540. The molecule has 2 amide bonds. The standard InChI is InChI=1S/C36H49N5O6/c1-23(2)26-21-25(35(43)40(5)20-12-19-39(3)4)17-18-28(26)41-29(32-30(46-6)15-11-16-31(32)47-7)22-27(38-41)34(42)37-33(36(44)45)24-13-9-8-10-14-24/h11,15-18,21-24,33H,8-10,12-14,19-20H2,1-7H3,(H,37,42)(H,44,45)/t33-/m1/s1. The maximum atomic E-state index is 13.7. The zero-order valence-electron chi connectivity index (χ0n) is 28.7. The summed E-state index contributed by atoms with van der Waals surface area (Å²) in [6, 6.07) is 11.6. The lowest BCUT2D eigenvalue weighted by atomic mass is 9.84. The Morgan fingerprint density at radius 2 is 1.64 bits per heavy atom. The Morgan fingerprint density at radius 3 is 2.21 bits per heavy atom. The molecule has 1 aliphatic carbocycles. The molecule has 0 aliphatic heterocycles. The number of benzene rings is 2. The smallest absolute Gasteiger partial charge is 0.326 e. The largest absolute Gasteiger partial charge is 0.496 e. The van der Waals surface area contributed by atoms with Crippen molar-refractivity contribution in [2.45, 2.75) is 64.3 Å². The van der Waals surface area contributed by atoms with Gasteiger partial charge >= 0.3 is 5.97 Å². The molecular formula is C36H49N5O6. The number of methoxy groups -OCH3 is 2. The van der Waals surface area contributed by atoms with Gasteiger partial charge in [0.2, 0.25) is 0 Å². The van der Waals surface area contributed by atoms with Crippen LogP contribution in [0.4, 0.5) is 0 Å². The second kappa shape index (κ2) is 15.9. The van der Waals surface area contributed by atoms with Crippen LogP contribution in [0.3, 0.4) is 0 Å². The fourth-order valence-electron chi connectivity index (χ4n) is 6.31. The van der Waals surface area contributed by atoms with Crippen LogP contribution in [0.25, 0.3) is 16.9 Å². The summed E-state index contributed by atoms with van der Waals surface area (Å²) in [6.45, 7) is 5.58. The third-order valence-electron chi connectivity index (χ3n) is 8.87. The van der Waals surface area contributed by atoms with Gasteiger partial charge in [0.05, 0.1) is 31.2 Å². The number of ether oxygens (including phenoxy) is 2. The number of aliphatic carboxylic acids is 1. The quantitative estimate of drug-likeness (QED) is 0.236. The highest BCUT2D eigenvalue weighted by molar-refractivity contribution is 5.97. The van der Waals surface area contributed by atoms with E-state index in [2.05, 4.69) is 10.2 Å². The molecule has 1 atom stereocenters. The van der Waals surface area contributed by atoms with Gasteiger partial charge in [0.1, 0.15) is 17.5 Å². The van der Waals surface area contributed by atoms with Gasteiger partial charge in [0.25, 0.3) is 11.8 Å². The second-order valence-electron chi connectivity index (χ2n) is 12.9. The van der Waals surface area contributed by atoms with Gasteiger partial charge < -0.3 is 29.7 Å². The van der Waals surface area contributed by atoms with Crippen LogP contribution in [0.1, 0.15) is 84.7 Å². The molecule has 0 spiro atoms. The van der Waals surface area contributed by atoms with Crippen LogP contribution >= 0.6 is 0 Å². The highest BCUT2D eigenvalue weighted by Gasteiger charge is 2.32. The van der Waals surface area contributed by atoms with E-state index in [1.54, 1.807) is 48.1 Å². The van der Waals surface area contributed by atoms with Gasteiger partial charge in [0.15, 0.2) is 5.69 Å². The molecule has 47 heavy (non-hydrogen) atoms. The normalized spacial score (nSPS) is 14.2. The van der Waals surface area contributed by atoms with Crippen molar-refractivity contribution in [2.75, 3.05) is 48.5 Å². The van der Waals surface area contributed by atoms with Crippen molar-refractivity contribution in [3.8, 4) is 28.4 Å². The van der Waals surface area contributed by atoms with Crippen molar-refractivity contribution in [1.29, 1.82) is 0 Å². The van der Waals surface area contributed by atoms with E-state index < -0.39 is 17.9 Å². The molecule has 4 rings (SSSR count). The number of carboxylic acids is 1. The number of nitrogens with zero attached hydrogens (tertiary/aromatic N) is 4. The summed E-state index contributed by atoms with van der Waals surface area (Å²) in [6.07, 6.45) is 5.32. The molecule has 11 heteroatoms. The van der Waals surface area contributed by atoms with E-state index in [0.29, 0.717) is 40.6 Å². The average Bonchev–Trinajstić information content (AvgIpc) is 3.51. The van der Waals surface area contributed by atoms with E-state index in [1.807, 2.05) is 53.2 Å². The lowest BCUT2D eigenvalue weighted by Gasteiger charge is -2.27. The Balaban J connectivity index is 1.81. The molecule has 0 unspecified atom stereocenters. The van der Waals surface area contributed by atoms with Gasteiger partial charge in [0, 0.05) is 19.2 Å². The molecule has 254 valence electrons. The van der Waals surface area contributed by atoms with Crippen LogP contribution in [0.2, 0.25) is 0 Å². The molecule has 2 N–H and O–H groups in total. The van der Waals surface area contributed by atoms with Crippen molar-refractivity contribution in [3.63, 3.8) is 0 Å². The van der Waals surface area contributed by atoms with E-state index in [0.717, 1.165) is 50.6 Å². The van der Waals surface area contributed by atoms with Crippen molar-refractivity contribution in [2.24, 2.45) is 5.92 Å². The number of aromatic nitrogens is 2. The van der Waals surface area contributed by atoms with Crippen molar-refractivity contribution in [1.82, 2.24) is 24.9 Å². The maximum Gasteiger partial charge on any atom is 0.326 e. The van der Waals surface area contributed by atoms with E-state index in [-0.39, 0.29) is 23.4 Å². The lowest BCUT2D eigenvalue weighted by Crippen LogP contribution is -2.46. The van der Waals surface area contributed by atoms with Gasteiger partial charge in [-0.25, -0.2) is 9.48 Å². The van der Waals surface area contributed by atoms with Crippen molar-refractivity contribution < 1.29 is 29.0 Å². The molecule has 1 fully saturated rings. The minimum Gasteiger partial charge on any atom is -0.496 e. The molecule has 11 nitrogen and oxygen atoms in total. The van der Waals surface area contributed by atoms with E-state index >= 15 is 0 Å². The van der Waals surface area contributed by atoms with Gasteiger partial charge in [-0.3, -0.25) is 9.59 Å². The first-order valence-corrected chi connectivity index (χ1v) is 16.4. The highest BCUT2D eigenvalue weighted by atomic mass is 16.5. The summed E-state index contributed by atoms with van der Waals surface area (Å²) >= 11 is 0. The summed E-state index contributed by atoms with van der Waals surface area (Å²) < 4.78 is 13.1. The van der Waals surface area contributed by atoms with Crippen LogP contribution in [-0.2, 0) is 4.79 Å². The van der Waals surface area contributed by atoms with Crippen molar-refractivity contribution >= 4 is 17.8 Å². The summed E-state index contributed by atoms with van der Waals surface area (Å²) in [7, 11) is 8.95. The number of amides is 2. The minimum absolute atomic E-state index is 0.00613. The molecule has 2 aromatic carbocycles. The molecule has 0 radical (unpaired) electrons. The Hall–Kier alpha value is -4.38. The predicted molar refractivity (Wildman–Crippen MR) is 182 cm³/mol. The molecule has 1 aliphatic rings. The molecule has 1 aromatic heterocycles. The maximum absolute atomic E-state index is 13.7. The molecule has 0 saturated heterocycles. The predicted octanol–water partition coefficient (Wildman–Crippen LogP) is 5.47. The number of rotatable bonds is 14. The van der Waals surface area contributed by atoms with Gasteiger partial charge in [-0.05, 0) is 93.7 Å². The van der Waals surface area contributed by atoms with E-state index in [4.69, 9.17) is 14.6 Å². The molecule has 1 heterocycles. The van der Waals surface area contributed by atoms with Crippen molar-refractivity contribution in [3.05, 3.63) is 59.3 Å². The van der Waals surface area contributed by atoms with Crippen LogP contribution in [0.15, 0.2) is 42.5 Å². The highest BCUT2D eigenvalue weighted by Crippen LogP contribution is 2.40. The van der Waals surface area contributed by atoms with Gasteiger partial charge in [-0.1, -0.05) is 39.2 Å². The third-order valence-corrected chi connectivity index (χ3v) is 8.87. The number of carbonyl (C=O) groups excluding carboxylic acids is 2. The van der Waals surface area contributed by atoms with E-state index in [9.17, 15) is 19.5 Å². The van der Waals surface area contributed by atoms with E-state index in [1.165, 1.54) is 0 Å². The monoisotopic (exact) mass is 647 g/mol. The van der Waals surface area contributed by atoms with Crippen LogP contribution < -0.4 is 14.8 Å². The minimum atomic E-state index is -1.05. The zero-order chi connectivity index (χ0) is 34.2. The first-order valence-electron chi connectivity index (χ1n) is 16.4. The fraction of sp³-hybridized carbons (Fsp3) is 0.500. The molecule has 3 aromatic rings. The lowest BCUT2D eigenvalue weighted by molar-refractivity contribution is -0.141. The number of nitrogens with one attached hydrogen (secondary N) is 1. The average molecular weight is 648 g/mol. The molecular weight excluding hydrogens is 598 g/mol. The fourth-order valence-corrected chi connectivity index (χ4v) is 6.31. The SMILES string of the molecule is COc1cccc(OC)c1-c1cc(C(=O)N[C@@H](C(=O)O)C2CCCCC2)nn1-c1ccc(C(=O)N(C)CCCN(C)C)cc1C(C)C. The first kappa shape index (κ1) is 35.5. The zero-order valence-corrected chi connectivity index (χ0v) is 28.7. The first-order chi connectivity index (χ1) is 22.5. The Labute approximate surface area is 277 Å². The van der Waals surface area contributed by atoms with Gasteiger partial charge in [-0.2, -0.15) is 5.10 Å². The number of hydrogen-bond acceptors (Lipinski definition) is 7. The number of carboxylic acid groups (broad SMARTS) is 1. The molecule has 0 bridgehead atoms. The Kier molecular flexibility index (Phi) is 12.0. The summed E-state index contributed by atoms with van der Waals surface area (Å²) in [5.41, 5.74) is 3.26. The third kappa shape index (κ3) is 8.32. The van der Waals surface area contributed by atoms with Gasteiger partial charge in [-0.15, -0.1) is 0 Å². The molecule has 1 saturated carbocycles. The van der Waals surface area contributed by atoms with Crippen LogP contribution in [0, 0.1) is 5.92 Å². The van der Waals surface area contributed by atoms with Crippen LogP contribution in [-0.4, -0.2) is 97.0 Å². The number of carbonyl (C=O) groups is 3. The summed E-state index contributed by atoms with van der Waals surface area (Å²) in [5.74, 6) is -0.820. The van der Waals surface area contributed by atoms with Crippen LogP contribution in [0.5, 0.6) is 11.5 Å². The summed E-state index contributed by atoms with van der Waals surface area (Å²) in [4.78, 5) is 43.3. The topological polar surface area (TPSA) is 126 Å². The number of hydrogen-bond donors (Lipinski definition) is 2. The Morgan fingerprint density at radius 1 is 0.979 bits per heavy atom. The summed E-state index contributed by atoms with van der Waals surface area (Å²) in [5, 5.41) is 17.6.